The quantitative estimate of drug-likeness (QED) is 0.428. The highest BCUT2D eigenvalue weighted by Gasteiger charge is 2.18. The van der Waals surface area contributed by atoms with E-state index in [4.69, 9.17) is 11.6 Å². The number of fused-ring (bicyclic) bond motifs is 2. The number of amides is 1. The van der Waals surface area contributed by atoms with Crippen molar-refractivity contribution in [1.29, 1.82) is 0 Å². The molecule has 0 bridgehead atoms. The number of hydrogen-bond acceptors (Lipinski definition) is 4. The second kappa shape index (κ2) is 8.43. The Bertz CT molecular complexity index is 1420. The minimum Gasteiger partial charge on any atom is -0.350 e. The minimum atomic E-state index is -0.204. The Hall–Kier alpha value is -3.71. The number of nitrogens with zero attached hydrogens (tertiary/aromatic N) is 5. The molecule has 0 fully saturated rings. The normalized spacial score (nSPS) is 11.3. The van der Waals surface area contributed by atoms with E-state index in [1.54, 1.807) is 0 Å². The number of halogens is 1. The van der Waals surface area contributed by atoms with Gasteiger partial charge in [0.1, 0.15) is 5.82 Å². The average molecular weight is 445 g/mol. The van der Waals surface area contributed by atoms with Crippen LogP contribution in [-0.2, 0) is 13.0 Å². The van der Waals surface area contributed by atoms with E-state index in [1.807, 2.05) is 82.9 Å². The van der Waals surface area contributed by atoms with Gasteiger partial charge in [0.25, 0.3) is 5.91 Å². The summed E-state index contributed by atoms with van der Waals surface area (Å²) >= 11 is 6.01. The molecule has 3 heterocycles. The maximum atomic E-state index is 13.0. The average Bonchev–Trinajstić information content (AvgIpc) is 3.37. The summed E-state index contributed by atoms with van der Waals surface area (Å²) in [5.74, 6) is 0.596. The highest BCUT2D eigenvalue weighted by Crippen LogP contribution is 2.22. The van der Waals surface area contributed by atoms with Crippen molar-refractivity contribution in [3.05, 3.63) is 94.5 Å². The third-order valence-electron chi connectivity index (χ3n) is 5.39. The van der Waals surface area contributed by atoms with Gasteiger partial charge in [-0.15, -0.1) is 10.2 Å². The van der Waals surface area contributed by atoms with E-state index in [-0.39, 0.29) is 5.91 Å². The van der Waals surface area contributed by atoms with E-state index in [0.29, 0.717) is 30.2 Å². The molecule has 0 aliphatic rings. The van der Waals surface area contributed by atoms with Crippen LogP contribution >= 0.6 is 11.6 Å². The van der Waals surface area contributed by atoms with Crippen LogP contribution in [0.25, 0.3) is 16.6 Å². The van der Waals surface area contributed by atoms with Crippen LogP contribution in [0.3, 0.4) is 0 Å². The van der Waals surface area contributed by atoms with E-state index < -0.39 is 0 Å². The lowest BCUT2D eigenvalue weighted by Gasteiger charge is -2.04. The molecule has 160 valence electrons. The zero-order valence-corrected chi connectivity index (χ0v) is 18.3. The first-order chi connectivity index (χ1) is 15.6. The minimum absolute atomic E-state index is 0.204. The highest BCUT2D eigenvalue weighted by molar-refractivity contribution is 6.30. The standard InChI is InChI=1S/C24H21ClN6O/c1-16-5-10-20-19(14-16)23(29-31(20)15-17-6-8-18(25)9-7-17)24(32)26-12-11-22-28-27-21-4-2-3-13-30(21)22/h2-10,13-14H,11-12,15H2,1H3,(H,26,32). The lowest BCUT2D eigenvalue weighted by molar-refractivity contribution is 0.0949. The monoisotopic (exact) mass is 444 g/mol. The van der Waals surface area contributed by atoms with E-state index in [0.717, 1.165) is 33.5 Å². The smallest absolute Gasteiger partial charge is 0.272 e. The van der Waals surface area contributed by atoms with Gasteiger partial charge in [-0.05, 0) is 48.9 Å². The molecule has 8 heteroatoms. The third-order valence-corrected chi connectivity index (χ3v) is 5.64. The van der Waals surface area contributed by atoms with Crippen molar-refractivity contribution >= 4 is 34.1 Å². The van der Waals surface area contributed by atoms with E-state index in [9.17, 15) is 4.79 Å². The van der Waals surface area contributed by atoms with Gasteiger partial charge >= 0.3 is 0 Å². The number of carbonyl (C=O) groups excluding carboxylic acids is 1. The predicted octanol–water partition coefficient (Wildman–Crippen LogP) is 4.06. The number of aromatic nitrogens is 5. The molecule has 0 atom stereocenters. The predicted molar refractivity (Wildman–Crippen MR) is 124 cm³/mol. The molecule has 0 aliphatic heterocycles. The fraction of sp³-hybridized carbons (Fsp3) is 0.167. The number of pyridine rings is 1. The van der Waals surface area contributed by atoms with Crippen LogP contribution in [0.1, 0.15) is 27.4 Å². The van der Waals surface area contributed by atoms with Gasteiger partial charge in [-0.25, -0.2) is 0 Å². The van der Waals surface area contributed by atoms with Gasteiger partial charge in [-0.1, -0.05) is 41.4 Å². The summed E-state index contributed by atoms with van der Waals surface area (Å²) in [4.78, 5) is 13.0. The molecule has 1 N–H and O–H groups in total. The molecule has 0 saturated heterocycles. The fourth-order valence-corrected chi connectivity index (χ4v) is 3.90. The Kier molecular flexibility index (Phi) is 5.33. The number of aryl methyl sites for hydroxylation is 1. The van der Waals surface area contributed by atoms with Gasteiger partial charge in [-0.3, -0.25) is 13.9 Å². The number of hydrogen-bond donors (Lipinski definition) is 1. The highest BCUT2D eigenvalue weighted by atomic mass is 35.5. The van der Waals surface area contributed by atoms with Gasteiger partial charge in [0.05, 0.1) is 12.1 Å². The van der Waals surface area contributed by atoms with Crippen molar-refractivity contribution in [2.75, 3.05) is 6.54 Å². The molecule has 0 unspecified atom stereocenters. The molecule has 32 heavy (non-hydrogen) atoms. The van der Waals surface area contributed by atoms with E-state index in [1.165, 1.54) is 0 Å². The molecule has 2 aromatic carbocycles. The first kappa shape index (κ1) is 20.2. The lowest BCUT2D eigenvalue weighted by Crippen LogP contribution is -2.27. The largest absolute Gasteiger partial charge is 0.350 e. The summed E-state index contributed by atoms with van der Waals surface area (Å²) in [5, 5.41) is 17.5. The lowest BCUT2D eigenvalue weighted by atomic mass is 10.1. The Morgan fingerprint density at radius 3 is 2.75 bits per heavy atom. The molecule has 5 aromatic rings. The molecule has 0 aliphatic carbocycles. The van der Waals surface area contributed by atoms with Crippen molar-refractivity contribution in [3.8, 4) is 0 Å². The molecule has 7 nitrogen and oxygen atoms in total. The van der Waals surface area contributed by atoms with Crippen molar-refractivity contribution in [1.82, 2.24) is 29.7 Å². The van der Waals surface area contributed by atoms with Gasteiger partial charge in [-0.2, -0.15) is 5.10 Å². The molecular weight excluding hydrogens is 424 g/mol. The second-order valence-corrected chi connectivity index (χ2v) is 8.14. The van der Waals surface area contributed by atoms with Crippen molar-refractivity contribution in [2.24, 2.45) is 0 Å². The van der Waals surface area contributed by atoms with Crippen LogP contribution in [0.4, 0.5) is 0 Å². The molecule has 5 rings (SSSR count). The first-order valence-electron chi connectivity index (χ1n) is 10.4. The number of carbonyl (C=O) groups is 1. The number of nitrogens with one attached hydrogen (secondary N) is 1. The van der Waals surface area contributed by atoms with Crippen molar-refractivity contribution in [3.63, 3.8) is 0 Å². The Morgan fingerprint density at radius 2 is 1.91 bits per heavy atom. The second-order valence-electron chi connectivity index (χ2n) is 7.70. The summed E-state index contributed by atoms with van der Waals surface area (Å²) in [6.07, 6.45) is 2.49. The third kappa shape index (κ3) is 3.94. The topological polar surface area (TPSA) is 77.1 Å². The molecule has 0 radical (unpaired) electrons. The van der Waals surface area contributed by atoms with Crippen LogP contribution in [-0.4, -0.2) is 36.8 Å². The summed E-state index contributed by atoms with van der Waals surface area (Å²) in [7, 11) is 0. The van der Waals surface area contributed by atoms with Crippen LogP contribution in [0.5, 0.6) is 0 Å². The maximum absolute atomic E-state index is 13.0. The van der Waals surface area contributed by atoms with Crippen LogP contribution < -0.4 is 5.32 Å². The maximum Gasteiger partial charge on any atom is 0.272 e. The van der Waals surface area contributed by atoms with E-state index in [2.05, 4.69) is 20.6 Å². The Labute approximate surface area is 189 Å². The number of benzene rings is 2. The van der Waals surface area contributed by atoms with E-state index >= 15 is 0 Å². The summed E-state index contributed by atoms with van der Waals surface area (Å²) in [6, 6.07) is 19.4. The molecular formula is C24H21ClN6O. The molecule has 1 amide bonds. The molecule has 3 aromatic heterocycles. The van der Waals surface area contributed by atoms with Gasteiger partial charge in [0, 0.05) is 29.6 Å². The molecule has 0 spiro atoms. The first-order valence-corrected chi connectivity index (χ1v) is 10.7. The zero-order chi connectivity index (χ0) is 22.1. The van der Waals surface area contributed by atoms with Gasteiger partial charge < -0.3 is 5.32 Å². The zero-order valence-electron chi connectivity index (χ0n) is 17.5. The summed E-state index contributed by atoms with van der Waals surface area (Å²) < 4.78 is 3.78. The van der Waals surface area contributed by atoms with Crippen molar-refractivity contribution < 1.29 is 4.79 Å². The summed E-state index contributed by atoms with van der Waals surface area (Å²) in [6.45, 7) is 3.00. The van der Waals surface area contributed by atoms with Crippen molar-refractivity contribution in [2.45, 2.75) is 19.9 Å². The van der Waals surface area contributed by atoms with Crippen LogP contribution in [0, 0.1) is 6.92 Å². The SMILES string of the molecule is Cc1ccc2c(c1)c(C(=O)NCCc1nnc3ccccn13)nn2Cc1ccc(Cl)cc1. The Balaban J connectivity index is 1.37. The van der Waals surface area contributed by atoms with Gasteiger partial charge in [0.2, 0.25) is 0 Å². The van der Waals surface area contributed by atoms with Crippen LogP contribution in [0.15, 0.2) is 66.9 Å². The van der Waals surface area contributed by atoms with Crippen LogP contribution in [0.2, 0.25) is 5.02 Å². The molecule has 0 saturated carbocycles. The Morgan fingerprint density at radius 1 is 1.06 bits per heavy atom. The summed E-state index contributed by atoms with van der Waals surface area (Å²) in [5.41, 5.74) is 4.26. The number of rotatable bonds is 6. The van der Waals surface area contributed by atoms with Gasteiger partial charge in [0.15, 0.2) is 11.3 Å². The fourth-order valence-electron chi connectivity index (χ4n) is 3.78.